The Hall–Kier alpha value is -2.53. The van der Waals surface area contributed by atoms with E-state index < -0.39 is 0 Å². The minimum atomic E-state index is 0.0722. The quantitative estimate of drug-likeness (QED) is 0.759. The summed E-state index contributed by atoms with van der Waals surface area (Å²) in [6.45, 7) is 6.37. The number of ether oxygens (including phenoxy) is 1. The molecule has 1 aliphatic heterocycles. The lowest BCUT2D eigenvalue weighted by Gasteiger charge is -2.19. The molecule has 1 atom stereocenters. The minimum Gasteiger partial charge on any atom is -0.380 e. The molecule has 1 amide bonds. The summed E-state index contributed by atoms with van der Waals surface area (Å²) < 4.78 is 8.02. The molecule has 0 spiro atoms. The van der Waals surface area contributed by atoms with Crippen LogP contribution in [0.5, 0.6) is 0 Å². The topological polar surface area (TPSA) is 55.3 Å². The van der Waals surface area contributed by atoms with Crippen molar-refractivity contribution in [3.05, 3.63) is 34.8 Å². The van der Waals surface area contributed by atoms with Crippen molar-refractivity contribution in [1.29, 1.82) is 0 Å². The molecule has 0 bridgehead atoms. The molecule has 4 rings (SSSR count). The van der Waals surface area contributed by atoms with E-state index in [9.17, 15) is 4.79 Å². The standard InChI is InChI=1S/C23H29N3O2/c1-3-17-15-22(27)25-19-10-7-9-18(23(19)24-17)21-14-16-8-5-6-11-20(16)26(21)12-13-28-4-2/h7-11,14,17,24H,3-6,12-13,15H2,1-2H3,(H,25,27)/t17-/m1/s1. The van der Waals surface area contributed by atoms with Crippen LogP contribution < -0.4 is 21.2 Å². The molecule has 5 heteroatoms. The molecule has 28 heavy (non-hydrogen) atoms. The Morgan fingerprint density at radius 3 is 2.89 bits per heavy atom. The first-order chi connectivity index (χ1) is 13.7. The summed E-state index contributed by atoms with van der Waals surface area (Å²) in [5, 5.41) is 9.29. The zero-order valence-electron chi connectivity index (χ0n) is 16.8. The molecule has 2 N–H and O–H groups in total. The first-order valence-electron chi connectivity index (χ1n) is 10.4. The first kappa shape index (κ1) is 18.8. The monoisotopic (exact) mass is 379 g/mol. The van der Waals surface area contributed by atoms with E-state index in [-0.39, 0.29) is 11.9 Å². The Morgan fingerprint density at radius 1 is 1.21 bits per heavy atom. The number of carbonyl (C=O) groups is 1. The molecule has 148 valence electrons. The number of fused-ring (bicyclic) bond motifs is 2. The molecule has 5 nitrogen and oxygen atoms in total. The molecule has 2 heterocycles. The summed E-state index contributed by atoms with van der Waals surface area (Å²) in [7, 11) is 0. The van der Waals surface area contributed by atoms with E-state index in [2.05, 4.69) is 46.4 Å². The van der Waals surface area contributed by atoms with Gasteiger partial charge in [-0.1, -0.05) is 31.2 Å². The number of nitrogens with one attached hydrogen (secondary N) is 2. The molecule has 1 aromatic heterocycles. The van der Waals surface area contributed by atoms with Crippen LogP contribution in [0.2, 0.25) is 0 Å². The van der Waals surface area contributed by atoms with Gasteiger partial charge in [-0.25, -0.2) is 0 Å². The van der Waals surface area contributed by atoms with Gasteiger partial charge in [0.05, 0.1) is 23.7 Å². The van der Waals surface area contributed by atoms with E-state index in [0.29, 0.717) is 13.0 Å². The smallest absolute Gasteiger partial charge is 0.226 e. The highest BCUT2D eigenvalue weighted by atomic mass is 16.5. The van der Waals surface area contributed by atoms with Crippen LogP contribution >= 0.6 is 0 Å². The number of hydrogen-bond donors (Lipinski definition) is 2. The van der Waals surface area contributed by atoms with Crippen molar-refractivity contribution in [3.63, 3.8) is 0 Å². The molecule has 2 aliphatic rings. The second-order valence-corrected chi connectivity index (χ2v) is 7.43. The Morgan fingerprint density at radius 2 is 2.07 bits per heavy atom. The van der Waals surface area contributed by atoms with E-state index >= 15 is 0 Å². The van der Waals surface area contributed by atoms with E-state index in [1.54, 1.807) is 0 Å². The number of para-hydroxylation sites is 1. The largest absolute Gasteiger partial charge is 0.380 e. The average molecular weight is 380 g/mol. The number of nitrogens with zero attached hydrogens (tertiary/aromatic N) is 1. The molecule has 0 fully saturated rings. The average Bonchev–Trinajstić information content (AvgIpc) is 2.97. The second-order valence-electron chi connectivity index (χ2n) is 7.43. The first-order valence-corrected chi connectivity index (χ1v) is 10.4. The number of anilines is 2. The molecule has 0 saturated heterocycles. The third-order valence-electron chi connectivity index (χ3n) is 5.59. The predicted octanol–water partition coefficient (Wildman–Crippen LogP) is 3.08. The van der Waals surface area contributed by atoms with Crippen LogP contribution in [0.4, 0.5) is 11.4 Å². The highest BCUT2D eigenvalue weighted by Crippen LogP contribution is 2.36. The van der Waals surface area contributed by atoms with Gasteiger partial charge in [-0.15, -0.1) is 0 Å². The summed E-state index contributed by atoms with van der Waals surface area (Å²) in [6, 6.07) is 8.57. The number of carbonyl (C=O) groups excluding carboxylic acids is 1. The number of aromatic nitrogens is 1. The van der Waals surface area contributed by atoms with Crippen molar-refractivity contribution >= 4 is 29.4 Å². The van der Waals surface area contributed by atoms with Gasteiger partial charge in [0, 0.05) is 36.5 Å². The Kier molecular flexibility index (Phi) is 5.53. The fourth-order valence-electron chi connectivity index (χ4n) is 4.15. The highest BCUT2D eigenvalue weighted by molar-refractivity contribution is 6.00. The normalized spacial score (nSPS) is 18.1. The van der Waals surface area contributed by atoms with Gasteiger partial charge in [-0.05, 0) is 43.5 Å². The third kappa shape index (κ3) is 3.59. The zero-order valence-corrected chi connectivity index (χ0v) is 16.8. The van der Waals surface area contributed by atoms with Crippen LogP contribution in [0.3, 0.4) is 0 Å². The van der Waals surface area contributed by atoms with Gasteiger partial charge in [-0.2, -0.15) is 0 Å². The summed E-state index contributed by atoms with van der Waals surface area (Å²) in [5.74, 6) is 0.0722. The van der Waals surface area contributed by atoms with E-state index in [4.69, 9.17) is 4.74 Å². The summed E-state index contributed by atoms with van der Waals surface area (Å²) in [6.07, 6.45) is 8.21. The maximum atomic E-state index is 12.3. The maximum absolute atomic E-state index is 12.3. The predicted molar refractivity (Wildman–Crippen MR) is 115 cm³/mol. The van der Waals surface area contributed by atoms with Crippen molar-refractivity contribution in [3.8, 4) is 11.3 Å². The maximum Gasteiger partial charge on any atom is 0.226 e. The van der Waals surface area contributed by atoms with Crippen molar-refractivity contribution in [1.82, 2.24) is 4.57 Å². The Bertz CT molecular complexity index is 990. The van der Waals surface area contributed by atoms with Gasteiger partial charge in [0.2, 0.25) is 5.91 Å². The number of benzene rings is 1. The highest BCUT2D eigenvalue weighted by Gasteiger charge is 2.23. The number of amides is 1. The van der Waals surface area contributed by atoms with Crippen LogP contribution in [0, 0.1) is 0 Å². The van der Waals surface area contributed by atoms with Crippen molar-refractivity contribution in [2.45, 2.75) is 52.1 Å². The lowest BCUT2D eigenvalue weighted by Crippen LogP contribution is -2.31. The van der Waals surface area contributed by atoms with Gasteiger partial charge in [0.15, 0.2) is 0 Å². The minimum absolute atomic E-state index is 0.0722. The van der Waals surface area contributed by atoms with Gasteiger partial charge >= 0.3 is 0 Å². The third-order valence-corrected chi connectivity index (χ3v) is 5.59. The molecule has 0 radical (unpaired) electrons. The fourth-order valence-corrected chi connectivity index (χ4v) is 4.15. The van der Waals surface area contributed by atoms with Crippen LogP contribution in [-0.2, 0) is 16.1 Å². The van der Waals surface area contributed by atoms with Crippen LogP contribution in [0.15, 0.2) is 24.3 Å². The SMILES string of the molecule is CCOCCn1c(-c2cccc3c2N[C@H](CC)CC(=O)N3)cc2c1=CCCC=2. The van der Waals surface area contributed by atoms with Crippen LogP contribution in [0.25, 0.3) is 23.4 Å². The summed E-state index contributed by atoms with van der Waals surface area (Å²) >= 11 is 0. The van der Waals surface area contributed by atoms with Crippen LogP contribution in [0.1, 0.15) is 39.5 Å². The molecule has 1 aliphatic carbocycles. The molecular weight excluding hydrogens is 350 g/mol. The summed E-state index contributed by atoms with van der Waals surface area (Å²) in [4.78, 5) is 12.3. The van der Waals surface area contributed by atoms with Gasteiger partial charge < -0.3 is 19.9 Å². The number of hydrogen-bond acceptors (Lipinski definition) is 3. The van der Waals surface area contributed by atoms with Crippen molar-refractivity contribution in [2.75, 3.05) is 23.8 Å². The molecule has 1 aromatic carbocycles. The lowest BCUT2D eigenvalue weighted by molar-refractivity contribution is -0.116. The van der Waals surface area contributed by atoms with Gasteiger partial charge in [-0.3, -0.25) is 4.79 Å². The van der Waals surface area contributed by atoms with Crippen molar-refractivity contribution < 1.29 is 9.53 Å². The number of rotatable bonds is 6. The van der Waals surface area contributed by atoms with Crippen molar-refractivity contribution in [2.24, 2.45) is 0 Å². The molecule has 0 saturated carbocycles. The van der Waals surface area contributed by atoms with Crippen LogP contribution in [-0.4, -0.2) is 29.7 Å². The van der Waals surface area contributed by atoms with E-state index in [1.165, 1.54) is 16.3 Å². The van der Waals surface area contributed by atoms with E-state index in [1.807, 2.05) is 19.1 Å². The molecule has 2 aromatic rings. The molecular formula is C23H29N3O2. The second kappa shape index (κ2) is 8.23. The van der Waals surface area contributed by atoms with Gasteiger partial charge in [0.25, 0.3) is 0 Å². The van der Waals surface area contributed by atoms with E-state index in [0.717, 1.165) is 49.4 Å². The zero-order chi connectivity index (χ0) is 19.5. The fraction of sp³-hybridized carbons (Fsp3) is 0.435. The summed E-state index contributed by atoms with van der Waals surface area (Å²) in [5.41, 5.74) is 4.19. The Labute approximate surface area is 166 Å². The molecule has 0 unspecified atom stereocenters. The lowest BCUT2D eigenvalue weighted by atomic mass is 10.1. The Balaban J connectivity index is 1.85. The van der Waals surface area contributed by atoms with Gasteiger partial charge in [0.1, 0.15) is 0 Å².